The first-order valence-electron chi connectivity index (χ1n) is 8.05. The largest absolute Gasteiger partial charge is 0.332 e. The van der Waals surface area contributed by atoms with Crippen LogP contribution in [0.25, 0.3) is 11.2 Å². The maximum atomic E-state index is 12.7. The minimum atomic E-state index is -0.281. The number of rotatable bonds is 3. The molecule has 1 aliphatic carbocycles. The van der Waals surface area contributed by atoms with Crippen molar-refractivity contribution in [3.05, 3.63) is 26.7 Å². The van der Waals surface area contributed by atoms with E-state index in [1.54, 1.807) is 11.6 Å². The average Bonchev–Trinajstić information content (AvgIpc) is 3.07. The van der Waals surface area contributed by atoms with Gasteiger partial charge in [-0.1, -0.05) is 0 Å². The fraction of sp³-hybridized carbons (Fsp3) is 0.667. The zero-order valence-corrected chi connectivity index (χ0v) is 13.0. The Labute approximate surface area is 127 Å². The molecule has 22 heavy (non-hydrogen) atoms. The van der Waals surface area contributed by atoms with Gasteiger partial charge < -0.3 is 9.88 Å². The summed E-state index contributed by atoms with van der Waals surface area (Å²) in [6.07, 6.45) is 3.25. The Morgan fingerprint density at radius 1 is 1.27 bits per heavy atom. The molecule has 2 aromatic heterocycles. The molecule has 0 bridgehead atoms. The second-order valence-electron chi connectivity index (χ2n) is 6.32. The second-order valence-corrected chi connectivity index (χ2v) is 6.32. The van der Waals surface area contributed by atoms with Crippen molar-refractivity contribution in [3.63, 3.8) is 0 Å². The zero-order chi connectivity index (χ0) is 15.4. The maximum Gasteiger partial charge on any atom is 0.332 e. The summed E-state index contributed by atoms with van der Waals surface area (Å²) in [5.41, 5.74) is 0.650. The van der Waals surface area contributed by atoms with Crippen LogP contribution < -0.4 is 16.6 Å². The first-order valence-corrected chi connectivity index (χ1v) is 8.05. The van der Waals surface area contributed by atoms with E-state index in [2.05, 4.69) is 9.88 Å². The Morgan fingerprint density at radius 2 is 2.05 bits per heavy atom. The molecule has 0 amide bonds. The Bertz CT molecular complexity index is 849. The lowest BCUT2D eigenvalue weighted by Gasteiger charge is -2.15. The first-order chi connectivity index (χ1) is 10.6. The van der Waals surface area contributed by atoms with Crippen molar-refractivity contribution in [2.45, 2.75) is 44.7 Å². The number of aryl methyl sites for hydroxylation is 1. The second kappa shape index (κ2) is 4.81. The third-order valence-corrected chi connectivity index (χ3v) is 4.86. The van der Waals surface area contributed by atoms with Crippen LogP contribution in [0.5, 0.6) is 0 Å². The number of imidazole rings is 1. The third-order valence-electron chi connectivity index (χ3n) is 4.86. The predicted octanol–water partition coefficient (Wildman–Crippen LogP) is 0.328. The Morgan fingerprint density at radius 3 is 2.64 bits per heavy atom. The molecule has 0 spiro atoms. The smallest absolute Gasteiger partial charge is 0.317 e. The summed E-state index contributed by atoms with van der Waals surface area (Å²) in [6, 6.07) is 0.260. The summed E-state index contributed by atoms with van der Waals surface area (Å²) in [7, 11) is 1.55. The fourth-order valence-corrected chi connectivity index (χ4v) is 3.49. The summed E-state index contributed by atoms with van der Waals surface area (Å²) < 4.78 is 4.95. The van der Waals surface area contributed by atoms with Gasteiger partial charge in [-0.3, -0.25) is 13.9 Å². The van der Waals surface area contributed by atoms with Gasteiger partial charge in [0.25, 0.3) is 5.56 Å². The Hall–Kier alpha value is -1.89. The standard InChI is InChI=1S/C15H21N5O2/c1-3-19-13-11(14(21)18(2)15(19)22)20(10-6-7-16-8-10)12(17-13)9-4-5-9/h9-10,16H,3-8H2,1-2H3. The molecule has 2 aromatic rings. The van der Waals surface area contributed by atoms with E-state index in [1.807, 2.05) is 6.92 Å². The minimum Gasteiger partial charge on any atom is -0.317 e. The van der Waals surface area contributed by atoms with Crippen molar-refractivity contribution < 1.29 is 0 Å². The highest BCUT2D eigenvalue weighted by Gasteiger charge is 2.34. The number of hydrogen-bond acceptors (Lipinski definition) is 4. The van der Waals surface area contributed by atoms with E-state index >= 15 is 0 Å². The molecule has 1 saturated carbocycles. The summed E-state index contributed by atoms with van der Waals surface area (Å²) in [5, 5.41) is 3.36. The molecule has 0 aromatic carbocycles. The average molecular weight is 303 g/mol. The molecule has 1 unspecified atom stereocenters. The summed E-state index contributed by atoms with van der Waals surface area (Å²) in [4.78, 5) is 29.8. The van der Waals surface area contributed by atoms with Crippen LogP contribution in [0.1, 0.15) is 44.0 Å². The van der Waals surface area contributed by atoms with Crippen molar-refractivity contribution in [2.75, 3.05) is 13.1 Å². The normalized spacial score (nSPS) is 21.8. The van der Waals surface area contributed by atoms with Gasteiger partial charge in [0.2, 0.25) is 0 Å². The molecule has 7 nitrogen and oxygen atoms in total. The van der Waals surface area contributed by atoms with Crippen molar-refractivity contribution in [3.8, 4) is 0 Å². The number of hydrogen-bond donors (Lipinski definition) is 1. The third kappa shape index (κ3) is 1.81. The SMILES string of the molecule is CCn1c(=O)n(C)c(=O)c2c1nc(C1CC1)n2C1CCNC1. The van der Waals surface area contributed by atoms with Gasteiger partial charge in [0.1, 0.15) is 5.82 Å². The highest BCUT2D eigenvalue weighted by molar-refractivity contribution is 5.71. The van der Waals surface area contributed by atoms with Gasteiger partial charge in [-0.2, -0.15) is 0 Å². The van der Waals surface area contributed by atoms with Gasteiger partial charge in [-0.15, -0.1) is 0 Å². The fourth-order valence-electron chi connectivity index (χ4n) is 3.49. The monoisotopic (exact) mass is 303 g/mol. The van der Waals surface area contributed by atoms with Crippen LogP contribution in [-0.4, -0.2) is 31.8 Å². The number of fused-ring (bicyclic) bond motifs is 1. The van der Waals surface area contributed by atoms with E-state index in [4.69, 9.17) is 4.98 Å². The van der Waals surface area contributed by atoms with E-state index < -0.39 is 0 Å². The molecule has 2 aliphatic rings. The molecule has 118 valence electrons. The van der Waals surface area contributed by atoms with Crippen LogP contribution in [0.15, 0.2) is 9.59 Å². The van der Waals surface area contributed by atoms with Gasteiger partial charge in [0, 0.05) is 32.1 Å². The van der Waals surface area contributed by atoms with E-state index in [0.29, 0.717) is 23.6 Å². The van der Waals surface area contributed by atoms with Crippen LogP contribution in [0.3, 0.4) is 0 Å². The van der Waals surface area contributed by atoms with Gasteiger partial charge in [-0.05, 0) is 32.7 Å². The van der Waals surface area contributed by atoms with Crippen LogP contribution in [0.4, 0.5) is 0 Å². The Kier molecular flexibility index (Phi) is 3.00. The van der Waals surface area contributed by atoms with Crippen molar-refractivity contribution in [1.29, 1.82) is 0 Å². The lowest BCUT2D eigenvalue weighted by Crippen LogP contribution is -2.38. The van der Waals surface area contributed by atoms with E-state index in [-0.39, 0.29) is 17.3 Å². The highest BCUT2D eigenvalue weighted by atomic mass is 16.2. The molecule has 3 heterocycles. The van der Waals surface area contributed by atoms with E-state index in [1.165, 1.54) is 4.57 Å². The molecular formula is C15H21N5O2. The quantitative estimate of drug-likeness (QED) is 0.887. The van der Waals surface area contributed by atoms with Crippen LogP contribution in [0.2, 0.25) is 0 Å². The summed E-state index contributed by atoms with van der Waals surface area (Å²) in [5.74, 6) is 1.44. The van der Waals surface area contributed by atoms with Gasteiger partial charge in [0.05, 0.1) is 0 Å². The molecule has 0 radical (unpaired) electrons. The number of nitrogens with zero attached hydrogens (tertiary/aromatic N) is 4. The van der Waals surface area contributed by atoms with Crippen molar-refractivity contribution in [2.24, 2.45) is 7.05 Å². The lowest BCUT2D eigenvalue weighted by atomic mass is 10.2. The van der Waals surface area contributed by atoms with E-state index in [0.717, 1.165) is 38.2 Å². The molecule has 4 rings (SSSR count). The first kappa shape index (κ1) is 13.8. The highest BCUT2D eigenvalue weighted by Crippen LogP contribution is 2.41. The Balaban J connectivity index is 2.11. The molecular weight excluding hydrogens is 282 g/mol. The zero-order valence-electron chi connectivity index (χ0n) is 13.0. The van der Waals surface area contributed by atoms with Crippen LogP contribution in [0, 0.1) is 0 Å². The van der Waals surface area contributed by atoms with Gasteiger partial charge in [-0.25, -0.2) is 9.78 Å². The topological polar surface area (TPSA) is 73.8 Å². The van der Waals surface area contributed by atoms with Gasteiger partial charge in [0.15, 0.2) is 11.2 Å². The molecule has 1 saturated heterocycles. The molecule has 2 fully saturated rings. The number of nitrogens with one attached hydrogen (secondary N) is 1. The van der Waals surface area contributed by atoms with Crippen LogP contribution >= 0.6 is 0 Å². The summed E-state index contributed by atoms with van der Waals surface area (Å²) >= 11 is 0. The van der Waals surface area contributed by atoms with Crippen molar-refractivity contribution >= 4 is 11.2 Å². The maximum absolute atomic E-state index is 12.7. The molecule has 1 aliphatic heterocycles. The number of aromatic nitrogens is 4. The van der Waals surface area contributed by atoms with E-state index in [9.17, 15) is 9.59 Å². The van der Waals surface area contributed by atoms with Crippen molar-refractivity contribution in [1.82, 2.24) is 24.0 Å². The predicted molar refractivity (Wildman–Crippen MR) is 83.4 cm³/mol. The minimum absolute atomic E-state index is 0.226. The molecule has 1 N–H and O–H groups in total. The lowest BCUT2D eigenvalue weighted by molar-refractivity contribution is 0.534. The molecule has 1 atom stereocenters. The summed E-state index contributed by atoms with van der Waals surface area (Å²) in [6.45, 7) is 4.26. The van der Waals surface area contributed by atoms with Crippen LogP contribution in [-0.2, 0) is 13.6 Å². The van der Waals surface area contributed by atoms with Gasteiger partial charge >= 0.3 is 5.69 Å². The molecule has 7 heteroatoms.